The second-order valence-electron chi connectivity index (χ2n) is 5.85. The van der Waals surface area contributed by atoms with Crippen molar-refractivity contribution in [2.24, 2.45) is 5.41 Å². The quantitative estimate of drug-likeness (QED) is 0.832. The SMILES string of the molecule is CN(C(=O)c1nc(N)n[nH]1)C1CCC(C)(C)CC1. The minimum Gasteiger partial charge on any atom is -0.366 e. The average molecular weight is 251 g/mol. The summed E-state index contributed by atoms with van der Waals surface area (Å²) in [5.41, 5.74) is 5.81. The Hall–Kier alpha value is -1.59. The average Bonchev–Trinajstić information content (AvgIpc) is 2.74. The molecule has 1 aromatic rings. The van der Waals surface area contributed by atoms with Crippen LogP contribution in [0.25, 0.3) is 0 Å². The third-order valence-electron chi connectivity index (χ3n) is 3.88. The summed E-state index contributed by atoms with van der Waals surface area (Å²) < 4.78 is 0. The first-order chi connectivity index (χ1) is 8.39. The van der Waals surface area contributed by atoms with Crippen LogP contribution in [0.5, 0.6) is 0 Å². The van der Waals surface area contributed by atoms with Gasteiger partial charge in [0.2, 0.25) is 11.8 Å². The third-order valence-corrected chi connectivity index (χ3v) is 3.88. The maximum atomic E-state index is 12.2. The third kappa shape index (κ3) is 2.63. The number of nitrogens with zero attached hydrogens (tertiary/aromatic N) is 3. The molecule has 3 N–H and O–H groups in total. The van der Waals surface area contributed by atoms with Gasteiger partial charge < -0.3 is 10.6 Å². The molecule has 0 aliphatic heterocycles. The molecule has 1 aromatic heterocycles. The largest absolute Gasteiger partial charge is 0.366 e. The lowest BCUT2D eigenvalue weighted by Gasteiger charge is -2.38. The van der Waals surface area contributed by atoms with Crippen molar-refractivity contribution in [3.05, 3.63) is 5.82 Å². The Balaban J connectivity index is 2.00. The molecule has 1 saturated carbocycles. The van der Waals surface area contributed by atoms with Crippen LogP contribution in [0.2, 0.25) is 0 Å². The van der Waals surface area contributed by atoms with Crippen molar-refractivity contribution in [1.29, 1.82) is 0 Å². The van der Waals surface area contributed by atoms with Crippen LogP contribution in [0.4, 0.5) is 5.95 Å². The molecule has 1 amide bonds. The number of hydrogen-bond donors (Lipinski definition) is 2. The van der Waals surface area contributed by atoms with E-state index in [0.717, 1.165) is 25.7 Å². The van der Waals surface area contributed by atoms with Gasteiger partial charge in [-0.15, -0.1) is 5.10 Å². The number of nitrogen functional groups attached to an aromatic ring is 1. The standard InChI is InChI=1S/C12H21N5O/c1-12(2)6-4-8(5-7-12)17(3)10(18)9-14-11(13)16-15-9/h8H,4-7H2,1-3H3,(H3,13,14,15,16). The molecule has 1 aliphatic carbocycles. The zero-order chi connectivity index (χ0) is 13.3. The van der Waals surface area contributed by atoms with Crippen LogP contribution < -0.4 is 5.73 Å². The van der Waals surface area contributed by atoms with Gasteiger partial charge in [0.05, 0.1) is 0 Å². The van der Waals surface area contributed by atoms with E-state index in [1.54, 1.807) is 4.90 Å². The molecule has 100 valence electrons. The van der Waals surface area contributed by atoms with Crippen molar-refractivity contribution in [2.45, 2.75) is 45.6 Å². The van der Waals surface area contributed by atoms with Gasteiger partial charge in [0.25, 0.3) is 5.91 Å². The second kappa shape index (κ2) is 4.59. The van der Waals surface area contributed by atoms with E-state index in [2.05, 4.69) is 29.0 Å². The Kier molecular flexibility index (Phi) is 3.28. The minimum absolute atomic E-state index is 0.108. The predicted molar refractivity (Wildman–Crippen MR) is 68.9 cm³/mol. The number of rotatable bonds is 2. The highest BCUT2D eigenvalue weighted by Crippen LogP contribution is 2.36. The summed E-state index contributed by atoms with van der Waals surface area (Å²) in [6.07, 6.45) is 4.37. The molecule has 0 atom stereocenters. The topological polar surface area (TPSA) is 87.9 Å². The first-order valence-electron chi connectivity index (χ1n) is 6.34. The first-order valence-corrected chi connectivity index (χ1v) is 6.34. The lowest BCUT2D eigenvalue weighted by Crippen LogP contribution is -2.41. The molecule has 18 heavy (non-hydrogen) atoms. The summed E-state index contributed by atoms with van der Waals surface area (Å²) in [6, 6.07) is 0.289. The van der Waals surface area contributed by atoms with E-state index in [1.165, 1.54) is 0 Å². The lowest BCUT2D eigenvalue weighted by molar-refractivity contribution is 0.0624. The van der Waals surface area contributed by atoms with Crippen LogP contribution >= 0.6 is 0 Å². The Morgan fingerprint density at radius 1 is 1.44 bits per heavy atom. The van der Waals surface area contributed by atoms with Gasteiger partial charge in [-0.2, -0.15) is 4.98 Å². The van der Waals surface area contributed by atoms with Gasteiger partial charge >= 0.3 is 0 Å². The number of nitrogens with two attached hydrogens (primary N) is 1. The zero-order valence-corrected chi connectivity index (χ0v) is 11.2. The Bertz CT molecular complexity index is 429. The molecule has 0 saturated heterocycles. The Labute approximate surface area is 107 Å². The first kappa shape index (κ1) is 12.9. The van der Waals surface area contributed by atoms with Gasteiger partial charge in [0.1, 0.15) is 0 Å². The zero-order valence-electron chi connectivity index (χ0n) is 11.2. The monoisotopic (exact) mass is 251 g/mol. The van der Waals surface area contributed by atoms with Gasteiger partial charge in [-0.05, 0) is 31.1 Å². The van der Waals surface area contributed by atoms with Gasteiger partial charge in [-0.25, -0.2) is 0 Å². The van der Waals surface area contributed by atoms with Crippen molar-refractivity contribution < 1.29 is 4.79 Å². The lowest BCUT2D eigenvalue weighted by atomic mass is 9.75. The summed E-state index contributed by atoms with van der Waals surface area (Å²) in [5, 5.41) is 6.25. The highest BCUT2D eigenvalue weighted by atomic mass is 16.2. The van der Waals surface area contributed by atoms with Gasteiger partial charge in [0.15, 0.2) is 0 Å². The molecule has 2 rings (SSSR count). The Morgan fingerprint density at radius 2 is 2.06 bits per heavy atom. The predicted octanol–water partition coefficient (Wildman–Crippen LogP) is 1.43. The van der Waals surface area contributed by atoms with Gasteiger partial charge in [0, 0.05) is 13.1 Å². The van der Waals surface area contributed by atoms with E-state index >= 15 is 0 Å². The summed E-state index contributed by atoms with van der Waals surface area (Å²) >= 11 is 0. The van der Waals surface area contributed by atoms with Crippen LogP contribution in [0.15, 0.2) is 0 Å². The molecular weight excluding hydrogens is 230 g/mol. The molecule has 6 heteroatoms. The van der Waals surface area contributed by atoms with Crippen molar-refractivity contribution in [1.82, 2.24) is 20.1 Å². The van der Waals surface area contributed by atoms with Gasteiger partial charge in [-0.1, -0.05) is 13.8 Å². The molecule has 0 aromatic carbocycles. The fourth-order valence-corrected chi connectivity index (χ4v) is 2.47. The summed E-state index contributed by atoms with van der Waals surface area (Å²) in [4.78, 5) is 17.8. The molecule has 6 nitrogen and oxygen atoms in total. The molecule has 1 heterocycles. The fraction of sp³-hybridized carbons (Fsp3) is 0.750. The van der Waals surface area contributed by atoms with Crippen molar-refractivity contribution in [2.75, 3.05) is 12.8 Å². The van der Waals surface area contributed by atoms with Crippen LogP contribution in [0.3, 0.4) is 0 Å². The molecule has 1 aliphatic rings. The second-order valence-corrected chi connectivity index (χ2v) is 5.85. The number of carbonyl (C=O) groups is 1. The number of nitrogens with one attached hydrogen (secondary N) is 1. The Morgan fingerprint density at radius 3 is 2.56 bits per heavy atom. The number of hydrogen-bond acceptors (Lipinski definition) is 4. The summed E-state index contributed by atoms with van der Waals surface area (Å²) in [7, 11) is 1.82. The smallest absolute Gasteiger partial charge is 0.291 e. The highest BCUT2D eigenvalue weighted by Gasteiger charge is 2.31. The maximum absolute atomic E-state index is 12.2. The normalized spacial score (nSPS) is 19.7. The van der Waals surface area contributed by atoms with Crippen molar-refractivity contribution in [3.63, 3.8) is 0 Å². The van der Waals surface area contributed by atoms with Crippen molar-refractivity contribution in [3.8, 4) is 0 Å². The van der Waals surface area contributed by atoms with Crippen LogP contribution in [-0.2, 0) is 0 Å². The fourth-order valence-electron chi connectivity index (χ4n) is 2.47. The highest BCUT2D eigenvalue weighted by molar-refractivity contribution is 5.90. The van der Waals surface area contributed by atoms with E-state index in [0.29, 0.717) is 5.41 Å². The van der Waals surface area contributed by atoms with E-state index in [9.17, 15) is 4.79 Å². The van der Waals surface area contributed by atoms with E-state index in [4.69, 9.17) is 5.73 Å². The number of amides is 1. The van der Waals surface area contributed by atoms with E-state index in [1.807, 2.05) is 7.05 Å². The molecular formula is C12H21N5O. The van der Waals surface area contributed by atoms with Crippen LogP contribution in [-0.4, -0.2) is 39.1 Å². The number of carbonyl (C=O) groups excluding carboxylic acids is 1. The number of H-pyrrole nitrogens is 1. The molecule has 0 bridgehead atoms. The maximum Gasteiger partial charge on any atom is 0.291 e. The molecule has 1 fully saturated rings. The summed E-state index contributed by atoms with van der Waals surface area (Å²) in [5.74, 6) is 0.195. The minimum atomic E-state index is -0.135. The molecule has 0 unspecified atom stereocenters. The number of aromatic amines is 1. The number of anilines is 1. The molecule has 0 radical (unpaired) electrons. The molecule has 0 spiro atoms. The van der Waals surface area contributed by atoms with Crippen LogP contribution in [0, 0.1) is 5.41 Å². The van der Waals surface area contributed by atoms with Crippen LogP contribution in [0.1, 0.15) is 50.1 Å². The van der Waals surface area contributed by atoms with Gasteiger partial charge in [-0.3, -0.25) is 9.89 Å². The van der Waals surface area contributed by atoms with E-state index < -0.39 is 0 Å². The summed E-state index contributed by atoms with van der Waals surface area (Å²) in [6.45, 7) is 4.56. The van der Waals surface area contributed by atoms with E-state index in [-0.39, 0.29) is 23.7 Å². The number of aromatic nitrogens is 3. The van der Waals surface area contributed by atoms with Crippen molar-refractivity contribution >= 4 is 11.9 Å².